The van der Waals surface area contributed by atoms with E-state index in [4.69, 9.17) is 4.42 Å². The Hall–Kier alpha value is -3.50. The first-order chi connectivity index (χ1) is 16.2. The van der Waals surface area contributed by atoms with Crippen LogP contribution in [0.15, 0.2) is 82.3 Å². The van der Waals surface area contributed by atoms with Crippen LogP contribution in [0.5, 0.6) is 0 Å². The largest absolute Gasteiger partial charge is 0.467 e. The number of nitrogens with zero attached hydrogens (tertiary/aromatic N) is 1. The van der Waals surface area contributed by atoms with Crippen molar-refractivity contribution in [1.82, 2.24) is 10.0 Å². The summed E-state index contributed by atoms with van der Waals surface area (Å²) in [5, 5.41) is 2.77. The Bertz CT molecular complexity index is 1200. The standard InChI is InChI=1S/C24H26FN3O5S/c1-17(2)23(24(30)26-15-20-9-6-14-33-20)28(19-7-4-3-5-8-19)22(29)16-27-34(31,32)21-12-10-18(25)11-13-21/h3-14,17,23,27H,15-16H2,1-2H3,(H,26,30)/t23-/m1/s1. The van der Waals surface area contributed by atoms with Gasteiger partial charge in [-0.05, 0) is 54.4 Å². The summed E-state index contributed by atoms with van der Waals surface area (Å²) in [4.78, 5) is 27.5. The maximum Gasteiger partial charge on any atom is 0.243 e. The van der Waals surface area contributed by atoms with Crippen molar-refractivity contribution in [2.45, 2.75) is 31.3 Å². The molecule has 0 fully saturated rings. The van der Waals surface area contributed by atoms with Gasteiger partial charge in [0.1, 0.15) is 17.6 Å². The summed E-state index contributed by atoms with van der Waals surface area (Å²) in [5.41, 5.74) is 0.445. The molecular weight excluding hydrogens is 461 g/mol. The molecule has 2 N–H and O–H groups in total. The van der Waals surface area contributed by atoms with E-state index in [2.05, 4.69) is 10.0 Å². The second-order valence-electron chi connectivity index (χ2n) is 7.86. The molecule has 2 aromatic carbocycles. The van der Waals surface area contributed by atoms with Crippen LogP contribution >= 0.6 is 0 Å². The summed E-state index contributed by atoms with van der Waals surface area (Å²) in [6, 6.07) is 15.3. The number of carbonyl (C=O) groups is 2. The van der Waals surface area contributed by atoms with Crippen LogP contribution < -0.4 is 14.9 Å². The van der Waals surface area contributed by atoms with Gasteiger partial charge in [-0.25, -0.2) is 17.5 Å². The smallest absolute Gasteiger partial charge is 0.243 e. The number of halogens is 1. The molecule has 0 aliphatic carbocycles. The fourth-order valence-electron chi connectivity index (χ4n) is 3.40. The van der Waals surface area contributed by atoms with E-state index in [0.717, 1.165) is 24.3 Å². The van der Waals surface area contributed by atoms with Crippen LogP contribution in [0.3, 0.4) is 0 Å². The number of anilines is 1. The molecule has 0 aliphatic rings. The summed E-state index contributed by atoms with van der Waals surface area (Å²) in [5.74, 6) is -1.35. The highest BCUT2D eigenvalue weighted by molar-refractivity contribution is 7.89. The van der Waals surface area contributed by atoms with E-state index in [0.29, 0.717) is 11.4 Å². The van der Waals surface area contributed by atoms with Gasteiger partial charge in [-0.15, -0.1) is 0 Å². The lowest BCUT2D eigenvalue weighted by Gasteiger charge is -2.33. The van der Waals surface area contributed by atoms with E-state index in [1.165, 1.54) is 11.2 Å². The predicted octanol–water partition coefficient (Wildman–Crippen LogP) is 3.07. The average Bonchev–Trinajstić information content (AvgIpc) is 3.34. The summed E-state index contributed by atoms with van der Waals surface area (Å²) in [6.45, 7) is 3.14. The number of carbonyl (C=O) groups excluding carboxylic acids is 2. The first kappa shape index (κ1) is 25.1. The van der Waals surface area contributed by atoms with Gasteiger partial charge >= 0.3 is 0 Å². The minimum absolute atomic E-state index is 0.142. The Morgan fingerprint density at radius 3 is 2.26 bits per heavy atom. The fraction of sp³-hybridized carbons (Fsp3) is 0.250. The Morgan fingerprint density at radius 2 is 1.68 bits per heavy atom. The van der Waals surface area contributed by atoms with Crippen molar-refractivity contribution in [3.8, 4) is 0 Å². The van der Waals surface area contributed by atoms with E-state index < -0.39 is 40.2 Å². The average molecular weight is 488 g/mol. The van der Waals surface area contributed by atoms with E-state index in [1.54, 1.807) is 56.3 Å². The molecule has 0 radical (unpaired) electrons. The summed E-state index contributed by atoms with van der Waals surface area (Å²) in [7, 11) is -4.07. The molecule has 180 valence electrons. The number of amides is 2. The van der Waals surface area contributed by atoms with Gasteiger partial charge in [0, 0.05) is 5.69 Å². The van der Waals surface area contributed by atoms with E-state index in [1.807, 2.05) is 0 Å². The third kappa shape index (κ3) is 6.30. The van der Waals surface area contributed by atoms with Gasteiger partial charge in [0.05, 0.1) is 24.2 Å². The summed E-state index contributed by atoms with van der Waals surface area (Å²) >= 11 is 0. The number of hydrogen-bond donors (Lipinski definition) is 2. The van der Waals surface area contributed by atoms with Crippen LogP contribution in [0.1, 0.15) is 19.6 Å². The first-order valence-electron chi connectivity index (χ1n) is 10.6. The van der Waals surface area contributed by atoms with Crippen LogP contribution in [0, 0.1) is 11.7 Å². The second-order valence-corrected chi connectivity index (χ2v) is 9.63. The topological polar surface area (TPSA) is 109 Å². The van der Waals surface area contributed by atoms with E-state index >= 15 is 0 Å². The molecule has 0 bridgehead atoms. The van der Waals surface area contributed by atoms with Crippen molar-refractivity contribution in [2.24, 2.45) is 5.92 Å². The monoisotopic (exact) mass is 487 g/mol. The van der Waals surface area contributed by atoms with Crippen LogP contribution in [-0.2, 0) is 26.2 Å². The van der Waals surface area contributed by atoms with Crippen molar-refractivity contribution in [2.75, 3.05) is 11.4 Å². The van der Waals surface area contributed by atoms with E-state index in [-0.39, 0.29) is 17.4 Å². The lowest BCUT2D eigenvalue weighted by Crippen LogP contribution is -2.54. The summed E-state index contributed by atoms with van der Waals surface area (Å²) < 4.78 is 45.8. The van der Waals surface area contributed by atoms with Gasteiger partial charge in [-0.1, -0.05) is 32.0 Å². The first-order valence-corrected chi connectivity index (χ1v) is 12.1. The maximum atomic E-state index is 13.3. The number of furan rings is 1. The maximum absolute atomic E-state index is 13.3. The Morgan fingerprint density at radius 1 is 1.00 bits per heavy atom. The molecular formula is C24H26FN3O5S. The third-order valence-corrected chi connectivity index (χ3v) is 6.45. The molecule has 0 aliphatic heterocycles. The Balaban J connectivity index is 1.83. The van der Waals surface area contributed by atoms with Crippen LogP contribution in [0.2, 0.25) is 0 Å². The van der Waals surface area contributed by atoms with E-state index in [9.17, 15) is 22.4 Å². The number of benzene rings is 2. The number of para-hydroxylation sites is 1. The number of nitrogens with one attached hydrogen (secondary N) is 2. The van der Waals surface area contributed by atoms with Crippen LogP contribution in [0.25, 0.3) is 0 Å². The minimum atomic E-state index is -4.07. The lowest BCUT2D eigenvalue weighted by atomic mass is 10.00. The molecule has 1 atom stereocenters. The fourth-order valence-corrected chi connectivity index (χ4v) is 4.37. The van der Waals surface area contributed by atoms with Crippen LogP contribution in [0.4, 0.5) is 10.1 Å². The van der Waals surface area contributed by atoms with Crippen molar-refractivity contribution in [3.63, 3.8) is 0 Å². The highest BCUT2D eigenvalue weighted by Crippen LogP contribution is 2.22. The normalized spacial score (nSPS) is 12.4. The Labute approximate surface area is 197 Å². The van der Waals surface area contributed by atoms with Gasteiger partial charge in [0.25, 0.3) is 0 Å². The van der Waals surface area contributed by atoms with Crippen molar-refractivity contribution in [1.29, 1.82) is 0 Å². The minimum Gasteiger partial charge on any atom is -0.467 e. The molecule has 34 heavy (non-hydrogen) atoms. The molecule has 0 unspecified atom stereocenters. The zero-order valence-electron chi connectivity index (χ0n) is 18.8. The highest BCUT2D eigenvalue weighted by Gasteiger charge is 2.34. The van der Waals surface area contributed by atoms with Crippen molar-refractivity contribution < 1.29 is 26.8 Å². The molecule has 1 heterocycles. The number of hydrogen-bond acceptors (Lipinski definition) is 5. The molecule has 0 spiro atoms. The molecule has 3 aromatic rings. The second kappa shape index (κ2) is 11.1. The highest BCUT2D eigenvalue weighted by atomic mass is 32.2. The molecule has 8 nitrogen and oxygen atoms in total. The van der Waals surface area contributed by atoms with Gasteiger partial charge in [0.15, 0.2) is 0 Å². The van der Waals surface area contributed by atoms with Crippen LogP contribution in [-0.4, -0.2) is 32.8 Å². The SMILES string of the molecule is CC(C)[C@H](C(=O)NCc1ccco1)N(C(=O)CNS(=O)(=O)c1ccc(F)cc1)c1ccccc1. The Kier molecular flexibility index (Phi) is 8.19. The van der Waals surface area contributed by atoms with Gasteiger partial charge in [-0.3, -0.25) is 14.5 Å². The van der Waals surface area contributed by atoms with Crippen molar-refractivity contribution in [3.05, 3.63) is 84.6 Å². The molecule has 1 aromatic heterocycles. The molecule has 0 saturated carbocycles. The zero-order valence-corrected chi connectivity index (χ0v) is 19.6. The van der Waals surface area contributed by atoms with Crippen molar-refractivity contribution >= 4 is 27.5 Å². The number of rotatable bonds is 10. The summed E-state index contributed by atoms with van der Waals surface area (Å²) in [6.07, 6.45) is 1.49. The van der Waals surface area contributed by atoms with Gasteiger partial charge in [-0.2, -0.15) is 0 Å². The molecule has 3 rings (SSSR count). The van der Waals surface area contributed by atoms with Gasteiger partial charge in [0.2, 0.25) is 21.8 Å². The third-order valence-electron chi connectivity index (χ3n) is 5.04. The lowest BCUT2D eigenvalue weighted by molar-refractivity contribution is -0.127. The predicted molar refractivity (Wildman–Crippen MR) is 125 cm³/mol. The molecule has 0 saturated heterocycles. The molecule has 10 heteroatoms. The van der Waals surface area contributed by atoms with Gasteiger partial charge < -0.3 is 9.73 Å². The quantitative estimate of drug-likeness (QED) is 0.457. The zero-order chi connectivity index (χ0) is 24.7. The number of sulfonamides is 1. The molecule has 2 amide bonds.